The van der Waals surface area contributed by atoms with Crippen molar-refractivity contribution in [2.45, 2.75) is 96.9 Å². The van der Waals surface area contributed by atoms with Gasteiger partial charge in [0.2, 0.25) is 5.91 Å². The van der Waals surface area contributed by atoms with Crippen LogP contribution in [0.15, 0.2) is 0 Å². The molecule has 1 aliphatic rings. The van der Waals surface area contributed by atoms with Gasteiger partial charge in [0.05, 0.1) is 0 Å². The van der Waals surface area contributed by atoms with Crippen LogP contribution in [0, 0.1) is 5.92 Å². The Balaban J connectivity index is 2.40. The van der Waals surface area contributed by atoms with E-state index in [0.29, 0.717) is 5.91 Å². The zero-order valence-electron chi connectivity index (χ0n) is 16.9. The molecule has 0 aromatic heterocycles. The number of hydrogen-bond acceptors (Lipinski definition) is 2. The fourth-order valence-electron chi connectivity index (χ4n) is 4.00. The van der Waals surface area contributed by atoms with Gasteiger partial charge in [-0.3, -0.25) is 4.79 Å². The second kappa shape index (κ2) is 12.7. The standard InChI is InChI=1S/C21H42N2O/c1-5-7-9-10-12-14-20(13-11-8-6-2)23-17-15-19(16-18-23)21(24)22(3)4/h19-20H,5-18H2,1-4H3. The van der Waals surface area contributed by atoms with Crippen molar-refractivity contribution in [3.05, 3.63) is 0 Å². The molecule has 0 N–H and O–H groups in total. The van der Waals surface area contributed by atoms with Gasteiger partial charge in [0.25, 0.3) is 0 Å². The Kier molecular flexibility index (Phi) is 11.4. The Hall–Kier alpha value is -0.570. The lowest BCUT2D eigenvalue weighted by Crippen LogP contribution is -2.44. The molecule has 1 heterocycles. The predicted octanol–water partition coefficient (Wildman–Crippen LogP) is 5.10. The van der Waals surface area contributed by atoms with Crippen molar-refractivity contribution in [1.82, 2.24) is 9.80 Å². The van der Waals surface area contributed by atoms with E-state index in [-0.39, 0.29) is 5.92 Å². The van der Waals surface area contributed by atoms with E-state index in [4.69, 9.17) is 0 Å². The second-order valence-electron chi connectivity index (χ2n) is 7.90. The molecule has 0 saturated carbocycles. The lowest BCUT2D eigenvalue weighted by atomic mass is 9.92. The molecule has 1 aliphatic heterocycles. The lowest BCUT2D eigenvalue weighted by molar-refractivity contribution is -0.134. The molecule has 1 amide bonds. The van der Waals surface area contributed by atoms with Crippen LogP contribution in [0.2, 0.25) is 0 Å². The van der Waals surface area contributed by atoms with Crippen LogP contribution in [0.1, 0.15) is 90.9 Å². The van der Waals surface area contributed by atoms with Crippen LogP contribution >= 0.6 is 0 Å². The van der Waals surface area contributed by atoms with Gasteiger partial charge in [-0.05, 0) is 38.8 Å². The number of hydrogen-bond donors (Lipinski definition) is 0. The number of piperidine rings is 1. The van der Waals surface area contributed by atoms with Crippen molar-refractivity contribution in [2.24, 2.45) is 5.92 Å². The third-order valence-electron chi connectivity index (χ3n) is 5.62. The van der Waals surface area contributed by atoms with Crippen molar-refractivity contribution >= 4 is 5.91 Å². The molecule has 0 radical (unpaired) electrons. The quantitative estimate of drug-likeness (QED) is 0.462. The molecule has 1 fully saturated rings. The summed E-state index contributed by atoms with van der Waals surface area (Å²) in [5, 5.41) is 0. The Labute approximate surface area is 151 Å². The van der Waals surface area contributed by atoms with E-state index in [2.05, 4.69) is 18.7 Å². The van der Waals surface area contributed by atoms with Crippen molar-refractivity contribution in [3.8, 4) is 0 Å². The highest BCUT2D eigenvalue weighted by Gasteiger charge is 2.28. The third kappa shape index (κ3) is 8.00. The first-order valence-corrected chi connectivity index (χ1v) is 10.5. The maximum absolute atomic E-state index is 12.2. The smallest absolute Gasteiger partial charge is 0.225 e. The first-order chi connectivity index (χ1) is 11.6. The summed E-state index contributed by atoms with van der Waals surface area (Å²) in [5.41, 5.74) is 0. The van der Waals surface area contributed by atoms with Crippen molar-refractivity contribution < 1.29 is 4.79 Å². The van der Waals surface area contributed by atoms with Gasteiger partial charge in [0, 0.05) is 26.1 Å². The van der Waals surface area contributed by atoms with Gasteiger partial charge in [-0.1, -0.05) is 65.2 Å². The number of rotatable bonds is 12. The summed E-state index contributed by atoms with van der Waals surface area (Å²) in [6.07, 6.45) is 15.8. The molecule has 1 unspecified atom stereocenters. The topological polar surface area (TPSA) is 23.6 Å². The Bertz CT molecular complexity index is 322. The summed E-state index contributed by atoms with van der Waals surface area (Å²) in [4.78, 5) is 16.6. The minimum absolute atomic E-state index is 0.261. The van der Waals surface area contributed by atoms with Gasteiger partial charge in [-0.15, -0.1) is 0 Å². The summed E-state index contributed by atoms with van der Waals surface area (Å²) < 4.78 is 0. The highest BCUT2D eigenvalue weighted by Crippen LogP contribution is 2.25. The van der Waals surface area contributed by atoms with E-state index in [9.17, 15) is 4.79 Å². The van der Waals surface area contributed by atoms with Gasteiger partial charge >= 0.3 is 0 Å². The highest BCUT2D eigenvalue weighted by atomic mass is 16.2. The first kappa shape index (κ1) is 21.5. The number of likely N-dealkylation sites (tertiary alicyclic amines) is 1. The molecular weight excluding hydrogens is 296 g/mol. The Morgan fingerprint density at radius 2 is 1.42 bits per heavy atom. The summed E-state index contributed by atoms with van der Waals surface area (Å²) in [6, 6.07) is 0.758. The van der Waals surface area contributed by atoms with Crippen LogP contribution in [0.5, 0.6) is 0 Å². The summed E-state index contributed by atoms with van der Waals surface area (Å²) in [6.45, 7) is 6.82. The zero-order chi connectivity index (χ0) is 17.8. The fourth-order valence-corrected chi connectivity index (χ4v) is 4.00. The number of carbonyl (C=O) groups is 1. The number of unbranched alkanes of at least 4 members (excludes halogenated alkanes) is 6. The van der Waals surface area contributed by atoms with Gasteiger partial charge in [-0.25, -0.2) is 0 Å². The molecule has 1 saturated heterocycles. The average Bonchev–Trinajstić information content (AvgIpc) is 2.59. The van der Waals surface area contributed by atoms with E-state index in [1.807, 2.05) is 14.1 Å². The molecule has 0 aromatic rings. The largest absolute Gasteiger partial charge is 0.349 e. The van der Waals surface area contributed by atoms with E-state index in [0.717, 1.165) is 32.0 Å². The number of nitrogens with zero attached hydrogens (tertiary/aromatic N) is 2. The minimum Gasteiger partial charge on any atom is -0.349 e. The van der Waals surface area contributed by atoms with Crippen LogP contribution in [-0.2, 0) is 4.79 Å². The Morgan fingerprint density at radius 1 is 0.917 bits per heavy atom. The van der Waals surface area contributed by atoms with Crippen molar-refractivity contribution in [2.75, 3.05) is 27.2 Å². The SMILES string of the molecule is CCCCCCCC(CCCCC)N1CCC(C(=O)N(C)C)CC1. The van der Waals surface area contributed by atoms with Crippen LogP contribution in [-0.4, -0.2) is 48.9 Å². The number of amides is 1. The van der Waals surface area contributed by atoms with Gasteiger partial charge in [0.15, 0.2) is 0 Å². The monoisotopic (exact) mass is 338 g/mol. The summed E-state index contributed by atoms with van der Waals surface area (Å²) in [5.74, 6) is 0.592. The van der Waals surface area contributed by atoms with Gasteiger partial charge in [0.1, 0.15) is 0 Å². The fraction of sp³-hybridized carbons (Fsp3) is 0.952. The predicted molar refractivity (Wildman–Crippen MR) is 104 cm³/mol. The summed E-state index contributed by atoms with van der Waals surface area (Å²) >= 11 is 0. The molecule has 0 aromatic carbocycles. The number of carbonyl (C=O) groups excluding carboxylic acids is 1. The molecule has 3 nitrogen and oxygen atoms in total. The molecule has 3 heteroatoms. The molecule has 0 aliphatic carbocycles. The average molecular weight is 339 g/mol. The molecule has 142 valence electrons. The minimum atomic E-state index is 0.261. The van der Waals surface area contributed by atoms with Crippen LogP contribution < -0.4 is 0 Å². The molecule has 1 rings (SSSR count). The molecule has 0 bridgehead atoms. The van der Waals surface area contributed by atoms with Crippen LogP contribution in [0.3, 0.4) is 0 Å². The first-order valence-electron chi connectivity index (χ1n) is 10.5. The van der Waals surface area contributed by atoms with E-state index < -0.39 is 0 Å². The summed E-state index contributed by atoms with van der Waals surface area (Å²) in [7, 11) is 3.77. The maximum atomic E-state index is 12.2. The Morgan fingerprint density at radius 3 is 1.96 bits per heavy atom. The normalized spacial score (nSPS) is 17.8. The van der Waals surface area contributed by atoms with Gasteiger partial charge in [-0.2, -0.15) is 0 Å². The van der Waals surface area contributed by atoms with Gasteiger partial charge < -0.3 is 9.80 Å². The van der Waals surface area contributed by atoms with E-state index in [1.165, 1.54) is 64.2 Å². The van der Waals surface area contributed by atoms with Crippen molar-refractivity contribution in [1.29, 1.82) is 0 Å². The maximum Gasteiger partial charge on any atom is 0.225 e. The zero-order valence-corrected chi connectivity index (χ0v) is 16.9. The molecule has 24 heavy (non-hydrogen) atoms. The second-order valence-corrected chi connectivity index (χ2v) is 7.90. The molecular formula is C21H42N2O. The molecule has 0 spiro atoms. The molecule has 1 atom stereocenters. The van der Waals surface area contributed by atoms with Crippen LogP contribution in [0.25, 0.3) is 0 Å². The van der Waals surface area contributed by atoms with Crippen molar-refractivity contribution in [3.63, 3.8) is 0 Å². The third-order valence-corrected chi connectivity index (χ3v) is 5.62. The highest BCUT2D eigenvalue weighted by molar-refractivity contribution is 5.78. The van der Waals surface area contributed by atoms with Crippen LogP contribution in [0.4, 0.5) is 0 Å². The van der Waals surface area contributed by atoms with E-state index in [1.54, 1.807) is 4.90 Å². The van der Waals surface area contributed by atoms with E-state index >= 15 is 0 Å². The lowest BCUT2D eigenvalue weighted by Gasteiger charge is -2.38.